The van der Waals surface area contributed by atoms with Gasteiger partial charge in [-0.05, 0) is 24.6 Å². The molecule has 1 aromatic carbocycles. The minimum absolute atomic E-state index is 0.0560. The number of amides is 2. The lowest BCUT2D eigenvalue weighted by molar-refractivity contribution is 0.0540. The minimum atomic E-state index is -0.666. The van der Waals surface area contributed by atoms with Gasteiger partial charge in [-0.15, -0.1) is 0 Å². The molecular formula is C12H12BrNO3. The minimum Gasteiger partial charge on any atom is -0.391 e. The van der Waals surface area contributed by atoms with Crippen LogP contribution in [0.15, 0.2) is 22.7 Å². The standard InChI is InChI=1S/C12H12BrNO3/c1-2-8(15)6-14-11(16)9-4-3-7(13)5-10(9)12(14)17/h3-5,8,15H,2,6H2,1H3. The fourth-order valence-electron chi connectivity index (χ4n) is 1.77. The second kappa shape index (κ2) is 4.58. The number of aliphatic hydroxyl groups is 1. The number of carbonyl (C=O) groups is 2. The van der Waals surface area contributed by atoms with Crippen LogP contribution in [-0.4, -0.2) is 34.5 Å². The summed E-state index contributed by atoms with van der Waals surface area (Å²) in [5, 5.41) is 9.53. The molecule has 2 rings (SSSR count). The van der Waals surface area contributed by atoms with Crippen molar-refractivity contribution in [1.29, 1.82) is 0 Å². The van der Waals surface area contributed by atoms with E-state index in [1.807, 2.05) is 0 Å². The highest BCUT2D eigenvalue weighted by atomic mass is 79.9. The molecule has 1 aliphatic rings. The molecule has 0 aromatic heterocycles. The number of fused-ring (bicyclic) bond motifs is 1. The normalized spacial score (nSPS) is 16.3. The fraction of sp³-hybridized carbons (Fsp3) is 0.333. The summed E-state index contributed by atoms with van der Waals surface area (Å²) in [7, 11) is 0. The van der Waals surface area contributed by atoms with E-state index in [2.05, 4.69) is 15.9 Å². The molecule has 1 unspecified atom stereocenters. The van der Waals surface area contributed by atoms with Crippen LogP contribution >= 0.6 is 15.9 Å². The number of imide groups is 1. The van der Waals surface area contributed by atoms with E-state index in [1.165, 1.54) is 0 Å². The molecule has 5 heteroatoms. The third-order valence-electron chi connectivity index (χ3n) is 2.80. The number of rotatable bonds is 3. The SMILES string of the molecule is CCC(O)CN1C(=O)c2ccc(Br)cc2C1=O. The molecule has 1 N–H and O–H groups in total. The Morgan fingerprint density at radius 1 is 1.29 bits per heavy atom. The van der Waals surface area contributed by atoms with Gasteiger partial charge >= 0.3 is 0 Å². The number of β-amino-alcohol motifs (C(OH)–C–C–N with tert-alkyl or cyclic N) is 1. The number of hydrogen-bond donors (Lipinski definition) is 1. The second-order valence-electron chi connectivity index (χ2n) is 3.97. The molecule has 0 aliphatic carbocycles. The average molecular weight is 298 g/mol. The van der Waals surface area contributed by atoms with Crippen LogP contribution < -0.4 is 0 Å². The average Bonchev–Trinajstić information content (AvgIpc) is 2.54. The van der Waals surface area contributed by atoms with Crippen molar-refractivity contribution in [3.8, 4) is 0 Å². The number of hydrogen-bond acceptors (Lipinski definition) is 3. The maximum absolute atomic E-state index is 12.0. The van der Waals surface area contributed by atoms with Crippen molar-refractivity contribution in [2.24, 2.45) is 0 Å². The van der Waals surface area contributed by atoms with Gasteiger partial charge in [-0.25, -0.2) is 0 Å². The highest BCUT2D eigenvalue weighted by molar-refractivity contribution is 9.10. The summed E-state index contributed by atoms with van der Waals surface area (Å²) in [5.41, 5.74) is 0.800. The van der Waals surface area contributed by atoms with Crippen molar-refractivity contribution in [3.05, 3.63) is 33.8 Å². The van der Waals surface area contributed by atoms with Gasteiger partial charge < -0.3 is 5.11 Å². The molecule has 0 saturated carbocycles. The first-order chi connectivity index (χ1) is 8.04. The highest BCUT2D eigenvalue weighted by Crippen LogP contribution is 2.26. The number of nitrogens with zero attached hydrogens (tertiary/aromatic N) is 1. The Balaban J connectivity index is 2.32. The number of benzene rings is 1. The second-order valence-corrected chi connectivity index (χ2v) is 4.89. The summed E-state index contributed by atoms with van der Waals surface area (Å²) in [6.07, 6.45) is -0.155. The van der Waals surface area contributed by atoms with Gasteiger partial charge in [0.05, 0.1) is 23.8 Å². The maximum Gasteiger partial charge on any atom is 0.261 e. The largest absolute Gasteiger partial charge is 0.391 e. The van der Waals surface area contributed by atoms with E-state index in [-0.39, 0.29) is 18.4 Å². The smallest absolute Gasteiger partial charge is 0.261 e. The van der Waals surface area contributed by atoms with E-state index < -0.39 is 6.10 Å². The molecule has 1 aromatic rings. The Bertz CT molecular complexity index is 487. The molecule has 90 valence electrons. The lowest BCUT2D eigenvalue weighted by atomic mass is 10.1. The summed E-state index contributed by atoms with van der Waals surface area (Å²) >= 11 is 3.27. The molecule has 1 atom stereocenters. The van der Waals surface area contributed by atoms with Gasteiger partial charge in [0.2, 0.25) is 0 Å². The quantitative estimate of drug-likeness (QED) is 0.866. The maximum atomic E-state index is 12.0. The summed E-state index contributed by atoms with van der Waals surface area (Å²) in [6, 6.07) is 4.98. The molecule has 0 fully saturated rings. The van der Waals surface area contributed by atoms with Crippen molar-refractivity contribution in [2.45, 2.75) is 19.4 Å². The van der Waals surface area contributed by atoms with E-state index in [0.717, 1.165) is 9.37 Å². The zero-order valence-electron chi connectivity index (χ0n) is 9.31. The van der Waals surface area contributed by atoms with Crippen molar-refractivity contribution in [2.75, 3.05) is 6.54 Å². The van der Waals surface area contributed by atoms with Crippen LogP contribution in [0.5, 0.6) is 0 Å². The highest BCUT2D eigenvalue weighted by Gasteiger charge is 2.36. The van der Waals surface area contributed by atoms with E-state index in [0.29, 0.717) is 17.5 Å². The molecular weight excluding hydrogens is 286 g/mol. The van der Waals surface area contributed by atoms with Gasteiger partial charge in [-0.3, -0.25) is 14.5 Å². The Hall–Kier alpha value is -1.20. The van der Waals surface area contributed by atoms with Gasteiger partial charge in [0.15, 0.2) is 0 Å². The molecule has 0 bridgehead atoms. The molecule has 1 heterocycles. The Morgan fingerprint density at radius 2 is 1.94 bits per heavy atom. The third kappa shape index (κ3) is 2.12. The fourth-order valence-corrected chi connectivity index (χ4v) is 2.13. The molecule has 0 radical (unpaired) electrons. The van der Waals surface area contributed by atoms with Crippen LogP contribution in [-0.2, 0) is 0 Å². The van der Waals surface area contributed by atoms with Crippen molar-refractivity contribution >= 4 is 27.7 Å². The first-order valence-corrected chi connectivity index (χ1v) is 6.17. The Morgan fingerprint density at radius 3 is 2.59 bits per heavy atom. The van der Waals surface area contributed by atoms with Crippen LogP contribution in [0, 0.1) is 0 Å². The third-order valence-corrected chi connectivity index (χ3v) is 3.29. The van der Waals surface area contributed by atoms with Crippen molar-refractivity contribution in [3.63, 3.8) is 0 Å². The van der Waals surface area contributed by atoms with E-state index in [4.69, 9.17) is 0 Å². The molecule has 0 spiro atoms. The summed E-state index contributed by atoms with van der Waals surface area (Å²) in [4.78, 5) is 25.0. The summed E-state index contributed by atoms with van der Waals surface area (Å²) < 4.78 is 0.760. The van der Waals surface area contributed by atoms with Crippen LogP contribution in [0.2, 0.25) is 0 Å². The summed E-state index contributed by atoms with van der Waals surface area (Å²) in [6.45, 7) is 1.86. The number of halogens is 1. The lowest BCUT2D eigenvalue weighted by Gasteiger charge is -2.16. The predicted molar refractivity (Wildman–Crippen MR) is 65.8 cm³/mol. The zero-order chi connectivity index (χ0) is 12.6. The number of aliphatic hydroxyl groups excluding tert-OH is 1. The van der Waals surface area contributed by atoms with Crippen molar-refractivity contribution < 1.29 is 14.7 Å². The lowest BCUT2D eigenvalue weighted by Crippen LogP contribution is -2.36. The van der Waals surface area contributed by atoms with Crippen LogP contribution in [0.1, 0.15) is 34.1 Å². The predicted octanol–water partition coefficient (Wildman–Crippen LogP) is 1.82. The first kappa shape index (κ1) is 12.3. The van der Waals surface area contributed by atoms with Gasteiger partial charge in [0, 0.05) is 4.47 Å². The molecule has 2 amide bonds. The Labute approximate surface area is 107 Å². The molecule has 0 saturated heterocycles. The van der Waals surface area contributed by atoms with E-state index >= 15 is 0 Å². The van der Waals surface area contributed by atoms with E-state index in [1.54, 1.807) is 25.1 Å². The van der Waals surface area contributed by atoms with Crippen molar-refractivity contribution in [1.82, 2.24) is 4.90 Å². The molecule has 1 aliphatic heterocycles. The van der Waals surface area contributed by atoms with Crippen LogP contribution in [0.4, 0.5) is 0 Å². The zero-order valence-corrected chi connectivity index (χ0v) is 10.9. The topological polar surface area (TPSA) is 57.6 Å². The molecule has 4 nitrogen and oxygen atoms in total. The van der Waals surface area contributed by atoms with Gasteiger partial charge in [0.25, 0.3) is 11.8 Å². The summed E-state index contributed by atoms with van der Waals surface area (Å²) in [5.74, 6) is -0.663. The number of carbonyl (C=O) groups excluding carboxylic acids is 2. The van der Waals surface area contributed by atoms with Gasteiger partial charge in [0.1, 0.15) is 0 Å². The first-order valence-electron chi connectivity index (χ1n) is 5.38. The van der Waals surface area contributed by atoms with Crippen LogP contribution in [0.3, 0.4) is 0 Å². The van der Waals surface area contributed by atoms with Gasteiger partial charge in [-0.2, -0.15) is 0 Å². The van der Waals surface area contributed by atoms with Crippen LogP contribution in [0.25, 0.3) is 0 Å². The Kier molecular flexibility index (Phi) is 3.31. The van der Waals surface area contributed by atoms with Gasteiger partial charge in [-0.1, -0.05) is 22.9 Å². The monoisotopic (exact) mass is 297 g/mol. The van der Waals surface area contributed by atoms with E-state index in [9.17, 15) is 14.7 Å². The molecule has 17 heavy (non-hydrogen) atoms.